The van der Waals surface area contributed by atoms with Crippen molar-refractivity contribution in [3.63, 3.8) is 0 Å². The fourth-order valence-electron chi connectivity index (χ4n) is 2.22. The molecule has 0 aromatic heterocycles. The molecule has 25 heavy (non-hydrogen) atoms. The molecular formula is C19H21ClN2O3. The lowest BCUT2D eigenvalue weighted by Crippen LogP contribution is -2.27. The number of hydrogen-bond donors (Lipinski definition) is 2. The van der Waals surface area contributed by atoms with Crippen LogP contribution in [0.5, 0.6) is 0 Å². The summed E-state index contributed by atoms with van der Waals surface area (Å²) in [6, 6.07) is 10.3. The number of amides is 2. The van der Waals surface area contributed by atoms with E-state index in [0.717, 1.165) is 11.1 Å². The van der Waals surface area contributed by atoms with Crippen LogP contribution in [0.3, 0.4) is 0 Å². The van der Waals surface area contributed by atoms with Gasteiger partial charge in [0.1, 0.15) is 0 Å². The first-order valence-electron chi connectivity index (χ1n) is 7.87. The summed E-state index contributed by atoms with van der Waals surface area (Å²) >= 11 is 6.17. The van der Waals surface area contributed by atoms with Gasteiger partial charge in [0.25, 0.3) is 11.8 Å². The topological polar surface area (TPSA) is 67.4 Å². The van der Waals surface area contributed by atoms with Crippen molar-refractivity contribution in [3.05, 3.63) is 63.7 Å². The maximum atomic E-state index is 12.3. The fraction of sp³-hybridized carbons (Fsp3) is 0.263. The molecule has 6 heteroatoms. The molecule has 0 aliphatic heterocycles. The van der Waals surface area contributed by atoms with Crippen molar-refractivity contribution in [1.82, 2.24) is 5.32 Å². The molecule has 2 N–H and O–H groups in total. The molecule has 132 valence electrons. The molecule has 0 saturated carbocycles. The Morgan fingerprint density at radius 1 is 1.04 bits per heavy atom. The molecule has 5 nitrogen and oxygen atoms in total. The van der Waals surface area contributed by atoms with Gasteiger partial charge in [-0.1, -0.05) is 17.7 Å². The monoisotopic (exact) mass is 360 g/mol. The van der Waals surface area contributed by atoms with E-state index in [1.165, 1.54) is 0 Å². The summed E-state index contributed by atoms with van der Waals surface area (Å²) in [5, 5.41) is 5.76. The van der Waals surface area contributed by atoms with Crippen LogP contribution in [-0.2, 0) is 4.74 Å². The van der Waals surface area contributed by atoms with E-state index >= 15 is 0 Å². The Morgan fingerprint density at radius 2 is 1.80 bits per heavy atom. The molecule has 0 atom stereocenters. The lowest BCUT2D eigenvalue weighted by Gasteiger charge is -2.10. The van der Waals surface area contributed by atoms with Gasteiger partial charge < -0.3 is 15.4 Å². The van der Waals surface area contributed by atoms with Crippen LogP contribution in [0.1, 0.15) is 31.8 Å². The lowest BCUT2D eigenvalue weighted by atomic mass is 10.1. The van der Waals surface area contributed by atoms with Gasteiger partial charge in [-0.05, 0) is 55.3 Å². The third-order valence-corrected chi connectivity index (χ3v) is 4.15. The van der Waals surface area contributed by atoms with Gasteiger partial charge in [-0.25, -0.2) is 0 Å². The Bertz CT molecular complexity index is 790. The van der Waals surface area contributed by atoms with Crippen molar-refractivity contribution in [1.29, 1.82) is 0 Å². The number of benzene rings is 2. The van der Waals surface area contributed by atoms with Crippen molar-refractivity contribution >= 4 is 29.1 Å². The highest BCUT2D eigenvalue weighted by atomic mass is 35.5. The van der Waals surface area contributed by atoms with Gasteiger partial charge in [0.2, 0.25) is 0 Å². The maximum absolute atomic E-state index is 12.3. The number of aryl methyl sites for hydroxylation is 2. The Labute approximate surface area is 152 Å². The maximum Gasteiger partial charge on any atom is 0.255 e. The van der Waals surface area contributed by atoms with E-state index in [4.69, 9.17) is 16.3 Å². The summed E-state index contributed by atoms with van der Waals surface area (Å²) in [6.07, 6.45) is 0. The third kappa shape index (κ3) is 5.05. The number of halogens is 1. The number of methoxy groups -OCH3 is 1. The SMILES string of the molecule is COCCNC(=O)c1ccc(NC(=O)c2ccc(C)c(C)c2)cc1Cl. The van der Waals surface area contributed by atoms with Crippen LogP contribution in [0.4, 0.5) is 5.69 Å². The molecule has 2 rings (SSSR count). The van der Waals surface area contributed by atoms with Gasteiger partial charge in [0, 0.05) is 24.9 Å². The number of carbonyl (C=O) groups excluding carboxylic acids is 2. The highest BCUT2D eigenvalue weighted by Crippen LogP contribution is 2.22. The average Bonchev–Trinajstić information content (AvgIpc) is 2.57. The van der Waals surface area contributed by atoms with Crippen LogP contribution in [0.15, 0.2) is 36.4 Å². The molecule has 0 bridgehead atoms. The molecule has 0 saturated heterocycles. The van der Waals surface area contributed by atoms with Crippen LogP contribution in [0.2, 0.25) is 5.02 Å². The Kier molecular flexibility index (Phi) is 6.56. The predicted octanol–water partition coefficient (Wildman–Crippen LogP) is 3.59. The summed E-state index contributed by atoms with van der Waals surface area (Å²) in [5.41, 5.74) is 3.63. The predicted molar refractivity (Wildman–Crippen MR) is 99.5 cm³/mol. The minimum absolute atomic E-state index is 0.225. The van der Waals surface area contributed by atoms with E-state index in [-0.39, 0.29) is 16.8 Å². The van der Waals surface area contributed by atoms with Gasteiger partial charge in [0.15, 0.2) is 0 Å². The number of rotatable bonds is 6. The normalized spacial score (nSPS) is 10.4. The highest BCUT2D eigenvalue weighted by Gasteiger charge is 2.12. The molecule has 0 heterocycles. The second-order valence-corrected chi connectivity index (χ2v) is 6.10. The Morgan fingerprint density at radius 3 is 2.44 bits per heavy atom. The largest absolute Gasteiger partial charge is 0.383 e. The zero-order chi connectivity index (χ0) is 18.4. The molecule has 2 aromatic rings. The third-order valence-electron chi connectivity index (χ3n) is 3.83. The summed E-state index contributed by atoms with van der Waals surface area (Å²) < 4.78 is 4.88. The zero-order valence-corrected chi connectivity index (χ0v) is 15.2. The lowest BCUT2D eigenvalue weighted by molar-refractivity contribution is 0.0937. The van der Waals surface area contributed by atoms with Crippen molar-refractivity contribution in [2.45, 2.75) is 13.8 Å². The average molecular weight is 361 g/mol. The molecule has 0 aliphatic carbocycles. The first-order valence-corrected chi connectivity index (χ1v) is 8.25. The minimum Gasteiger partial charge on any atom is -0.383 e. The quantitative estimate of drug-likeness (QED) is 0.773. The number of anilines is 1. The first-order chi connectivity index (χ1) is 11.9. The molecule has 0 aliphatic rings. The van der Waals surface area contributed by atoms with E-state index in [2.05, 4.69) is 10.6 Å². The van der Waals surface area contributed by atoms with Crippen molar-refractivity contribution in [3.8, 4) is 0 Å². The summed E-state index contributed by atoms with van der Waals surface area (Å²) in [6.45, 7) is 4.78. The van der Waals surface area contributed by atoms with Gasteiger partial charge in [-0.15, -0.1) is 0 Å². The summed E-state index contributed by atoms with van der Waals surface area (Å²) in [4.78, 5) is 24.4. The van der Waals surface area contributed by atoms with Gasteiger partial charge in [-0.3, -0.25) is 9.59 Å². The molecule has 2 amide bonds. The van der Waals surface area contributed by atoms with Crippen molar-refractivity contribution < 1.29 is 14.3 Å². The van der Waals surface area contributed by atoms with E-state index in [1.807, 2.05) is 26.0 Å². The number of hydrogen-bond acceptors (Lipinski definition) is 3. The summed E-state index contributed by atoms with van der Waals surface area (Å²) in [7, 11) is 1.56. The Balaban J connectivity index is 2.08. The molecule has 0 fully saturated rings. The number of ether oxygens (including phenoxy) is 1. The minimum atomic E-state index is -0.283. The molecular weight excluding hydrogens is 340 g/mol. The highest BCUT2D eigenvalue weighted by molar-refractivity contribution is 6.34. The fourth-order valence-corrected chi connectivity index (χ4v) is 2.49. The van der Waals surface area contributed by atoms with Crippen LogP contribution >= 0.6 is 11.6 Å². The molecule has 0 spiro atoms. The zero-order valence-electron chi connectivity index (χ0n) is 14.5. The van der Waals surface area contributed by atoms with Gasteiger partial charge in [-0.2, -0.15) is 0 Å². The van der Waals surface area contributed by atoms with E-state index < -0.39 is 0 Å². The second kappa shape index (κ2) is 8.65. The van der Waals surface area contributed by atoms with Gasteiger partial charge in [0.05, 0.1) is 17.2 Å². The van der Waals surface area contributed by atoms with Crippen LogP contribution in [-0.4, -0.2) is 32.1 Å². The van der Waals surface area contributed by atoms with E-state index in [0.29, 0.717) is 30.0 Å². The van der Waals surface area contributed by atoms with Gasteiger partial charge >= 0.3 is 0 Å². The van der Waals surface area contributed by atoms with Crippen molar-refractivity contribution in [2.24, 2.45) is 0 Å². The van der Waals surface area contributed by atoms with E-state index in [9.17, 15) is 9.59 Å². The standard InChI is InChI=1S/C19H21ClN2O3/c1-12-4-5-14(10-13(12)2)18(23)22-15-6-7-16(17(20)11-15)19(24)21-8-9-25-3/h4-7,10-11H,8-9H2,1-3H3,(H,21,24)(H,22,23). The summed E-state index contributed by atoms with van der Waals surface area (Å²) in [5.74, 6) is -0.509. The van der Waals surface area contributed by atoms with Crippen LogP contribution in [0, 0.1) is 13.8 Å². The second-order valence-electron chi connectivity index (χ2n) is 5.70. The van der Waals surface area contributed by atoms with E-state index in [1.54, 1.807) is 31.4 Å². The van der Waals surface area contributed by atoms with Crippen molar-refractivity contribution in [2.75, 3.05) is 25.6 Å². The Hall–Kier alpha value is -2.37. The van der Waals surface area contributed by atoms with Crippen LogP contribution in [0.25, 0.3) is 0 Å². The molecule has 0 unspecified atom stereocenters. The molecule has 0 radical (unpaired) electrons. The number of nitrogens with one attached hydrogen (secondary N) is 2. The smallest absolute Gasteiger partial charge is 0.255 e. The molecule has 2 aromatic carbocycles. The number of carbonyl (C=O) groups is 2. The van der Waals surface area contributed by atoms with Crippen LogP contribution < -0.4 is 10.6 Å². The first kappa shape index (κ1) is 19.0.